The molecule has 0 radical (unpaired) electrons. The minimum atomic E-state index is 0.151. The fraction of sp³-hybridized carbons (Fsp3) is 0.700. The third-order valence-electron chi connectivity index (χ3n) is 1.92. The predicted octanol–water partition coefficient (Wildman–Crippen LogP) is 0.529. The molecule has 1 aromatic heterocycles. The Morgan fingerprint density at radius 2 is 1.35 bits per heavy atom. The van der Waals surface area contributed by atoms with Gasteiger partial charge in [-0.3, -0.25) is 0 Å². The Kier molecular flexibility index (Phi) is 6.02. The van der Waals surface area contributed by atoms with E-state index in [1.165, 1.54) is 0 Å². The Morgan fingerprint density at radius 1 is 0.882 bits per heavy atom. The van der Waals surface area contributed by atoms with Gasteiger partial charge in [0.05, 0.1) is 0 Å². The minimum Gasteiger partial charge on any atom is -0.396 e. The highest BCUT2D eigenvalue weighted by Crippen LogP contribution is 2.08. The van der Waals surface area contributed by atoms with Crippen LogP contribution in [0.15, 0.2) is 0 Å². The molecule has 0 aliphatic rings. The summed E-state index contributed by atoms with van der Waals surface area (Å²) in [6, 6.07) is 0. The maximum Gasteiger partial charge on any atom is 0.229 e. The highest BCUT2D eigenvalue weighted by molar-refractivity contribution is 5.41. The second kappa shape index (κ2) is 7.61. The van der Waals surface area contributed by atoms with Crippen LogP contribution in [0.2, 0.25) is 0 Å². The molecule has 96 valence electrons. The smallest absolute Gasteiger partial charge is 0.229 e. The van der Waals surface area contributed by atoms with Crippen LogP contribution < -0.4 is 16.0 Å². The van der Waals surface area contributed by atoms with E-state index in [9.17, 15) is 0 Å². The van der Waals surface area contributed by atoms with E-state index >= 15 is 0 Å². The van der Waals surface area contributed by atoms with Gasteiger partial charge in [-0.05, 0) is 20.3 Å². The van der Waals surface area contributed by atoms with Gasteiger partial charge in [-0.2, -0.15) is 15.0 Å². The van der Waals surface area contributed by atoms with Crippen molar-refractivity contribution in [2.24, 2.45) is 0 Å². The number of hydrogen-bond donors (Lipinski definition) is 4. The Labute approximate surface area is 101 Å². The second-order valence-corrected chi connectivity index (χ2v) is 3.37. The van der Waals surface area contributed by atoms with Crippen LogP contribution in [-0.2, 0) is 0 Å². The van der Waals surface area contributed by atoms with Gasteiger partial charge in [0.15, 0.2) is 0 Å². The van der Waals surface area contributed by atoms with Gasteiger partial charge in [-0.25, -0.2) is 0 Å². The first-order valence-electron chi connectivity index (χ1n) is 5.88. The zero-order valence-electron chi connectivity index (χ0n) is 10.3. The van der Waals surface area contributed by atoms with E-state index in [-0.39, 0.29) is 6.61 Å². The van der Waals surface area contributed by atoms with Crippen LogP contribution in [0.25, 0.3) is 0 Å². The Balaban J connectivity index is 2.72. The molecule has 7 nitrogen and oxygen atoms in total. The molecule has 0 atom stereocenters. The topological polar surface area (TPSA) is 95.0 Å². The fourth-order valence-electron chi connectivity index (χ4n) is 1.21. The lowest BCUT2D eigenvalue weighted by Gasteiger charge is -2.09. The quantitative estimate of drug-likeness (QED) is 0.492. The Bertz CT molecular complexity index is 308. The van der Waals surface area contributed by atoms with Gasteiger partial charge in [0.25, 0.3) is 0 Å². The zero-order chi connectivity index (χ0) is 12.5. The van der Waals surface area contributed by atoms with E-state index in [4.69, 9.17) is 5.11 Å². The number of aromatic nitrogens is 3. The van der Waals surface area contributed by atoms with Gasteiger partial charge in [0, 0.05) is 26.2 Å². The zero-order valence-corrected chi connectivity index (χ0v) is 10.3. The van der Waals surface area contributed by atoms with E-state index in [0.717, 1.165) is 13.1 Å². The van der Waals surface area contributed by atoms with Crippen LogP contribution in [0.3, 0.4) is 0 Å². The summed E-state index contributed by atoms with van der Waals surface area (Å²) in [4.78, 5) is 12.6. The molecule has 0 fully saturated rings. The first-order valence-corrected chi connectivity index (χ1v) is 5.88. The molecule has 0 unspecified atom stereocenters. The number of hydrogen-bond acceptors (Lipinski definition) is 7. The molecular formula is C10H20N6O. The van der Waals surface area contributed by atoms with Crippen molar-refractivity contribution in [1.82, 2.24) is 15.0 Å². The SMILES string of the molecule is CCNc1nc(NCC)nc(NCCCO)n1. The maximum absolute atomic E-state index is 8.70. The number of nitrogens with one attached hydrogen (secondary N) is 3. The Morgan fingerprint density at radius 3 is 1.76 bits per heavy atom. The van der Waals surface area contributed by atoms with Crippen molar-refractivity contribution in [1.29, 1.82) is 0 Å². The van der Waals surface area contributed by atoms with Crippen LogP contribution >= 0.6 is 0 Å². The van der Waals surface area contributed by atoms with Crippen molar-refractivity contribution in [3.05, 3.63) is 0 Å². The molecule has 0 aliphatic carbocycles. The number of nitrogens with zero attached hydrogens (tertiary/aromatic N) is 3. The highest BCUT2D eigenvalue weighted by Gasteiger charge is 2.04. The summed E-state index contributed by atoms with van der Waals surface area (Å²) in [7, 11) is 0. The largest absolute Gasteiger partial charge is 0.396 e. The summed E-state index contributed by atoms with van der Waals surface area (Å²) in [5.74, 6) is 1.61. The van der Waals surface area contributed by atoms with Crippen LogP contribution in [0.5, 0.6) is 0 Å². The third-order valence-corrected chi connectivity index (χ3v) is 1.92. The summed E-state index contributed by atoms with van der Waals surface area (Å²) in [6.07, 6.45) is 0.665. The lowest BCUT2D eigenvalue weighted by atomic mass is 10.4. The van der Waals surface area contributed by atoms with Crippen LogP contribution in [0.1, 0.15) is 20.3 Å². The van der Waals surface area contributed by atoms with Crippen LogP contribution in [0, 0.1) is 0 Å². The normalized spacial score (nSPS) is 10.1. The van der Waals surface area contributed by atoms with Gasteiger partial charge in [-0.1, -0.05) is 0 Å². The first-order chi connectivity index (χ1) is 8.30. The summed E-state index contributed by atoms with van der Waals surface area (Å²) in [6.45, 7) is 6.26. The fourth-order valence-corrected chi connectivity index (χ4v) is 1.21. The summed E-state index contributed by atoms with van der Waals surface area (Å²) in [5.41, 5.74) is 0. The van der Waals surface area contributed by atoms with E-state index in [1.807, 2.05) is 13.8 Å². The number of aliphatic hydroxyl groups is 1. The molecule has 0 bridgehead atoms. The minimum absolute atomic E-state index is 0.151. The highest BCUT2D eigenvalue weighted by atomic mass is 16.3. The van der Waals surface area contributed by atoms with Gasteiger partial charge in [0.1, 0.15) is 0 Å². The molecular weight excluding hydrogens is 220 g/mol. The molecule has 17 heavy (non-hydrogen) atoms. The van der Waals surface area contributed by atoms with Crippen LogP contribution in [0.4, 0.5) is 17.8 Å². The molecule has 0 spiro atoms. The van der Waals surface area contributed by atoms with E-state index in [2.05, 4.69) is 30.9 Å². The van der Waals surface area contributed by atoms with Crippen molar-refractivity contribution in [3.8, 4) is 0 Å². The molecule has 0 saturated carbocycles. The van der Waals surface area contributed by atoms with Gasteiger partial charge in [-0.15, -0.1) is 0 Å². The molecule has 1 heterocycles. The maximum atomic E-state index is 8.70. The molecule has 0 aliphatic heterocycles. The van der Waals surface area contributed by atoms with Crippen molar-refractivity contribution < 1.29 is 5.11 Å². The van der Waals surface area contributed by atoms with E-state index < -0.39 is 0 Å². The van der Waals surface area contributed by atoms with E-state index in [0.29, 0.717) is 30.8 Å². The van der Waals surface area contributed by atoms with Gasteiger partial charge >= 0.3 is 0 Å². The predicted molar refractivity (Wildman–Crippen MR) is 68.3 cm³/mol. The molecule has 7 heteroatoms. The average Bonchev–Trinajstić information content (AvgIpc) is 2.30. The van der Waals surface area contributed by atoms with Gasteiger partial charge < -0.3 is 21.1 Å². The summed E-state index contributed by atoms with van der Waals surface area (Å²) >= 11 is 0. The molecule has 4 N–H and O–H groups in total. The Hall–Kier alpha value is -1.63. The molecule has 0 saturated heterocycles. The van der Waals surface area contributed by atoms with Gasteiger partial charge in [0.2, 0.25) is 17.8 Å². The van der Waals surface area contributed by atoms with Crippen molar-refractivity contribution in [2.75, 3.05) is 42.2 Å². The summed E-state index contributed by atoms with van der Waals surface area (Å²) < 4.78 is 0. The summed E-state index contributed by atoms with van der Waals surface area (Å²) in [5, 5.41) is 17.8. The molecule has 0 amide bonds. The molecule has 1 aromatic rings. The van der Waals surface area contributed by atoms with Crippen molar-refractivity contribution in [2.45, 2.75) is 20.3 Å². The molecule has 0 aromatic carbocycles. The number of rotatable bonds is 8. The lowest BCUT2D eigenvalue weighted by molar-refractivity contribution is 0.292. The first kappa shape index (κ1) is 13.4. The standard InChI is InChI=1S/C10H20N6O/c1-3-11-8-14-9(12-4-2)16-10(15-8)13-6-5-7-17/h17H,3-7H2,1-2H3,(H3,11,12,13,14,15,16). The number of anilines is 3. The average molecular weight is 240 g/mol. The van der Waals surface area contributed by atoms with E-state index in [1.54, 1.807) is 0 Å². The van der Waals surface area contributed by atoms with Crippen molar-refractivity contribution >= 4 is 17.8 Å². The monoisotopic (exact) mass is 240 g/mol. The van der Waals surface area contributed by atoms with Crippen molar-refractivity contribution in [3.63, 3.8) is 0 Å². The third kappa shape index (κ3) is 4.81. The second-order valence-electron chi connectivity index (χ2n) is 3.37. The lowest BCUT2D eigenvalue weighted by Crippen LogP contribution is -2.13. The molecule has 1 rings (SSSR count). The number of aliphatic hydroxyl groups excluding tert-OH is 1. The van der Waals surface area contributed by atoms with Crippen LogP contribution in [-0.4, -0.2) is 46.3 Å².